The molecule has 0 spiro atoms. The van der Waals surface area contributed by atoms with Gasteiger partial charge in [-0.05, 0) is 11.5 Å². The van der Waals surface area contributed by atoms with Crippen molar-refractivity contribution in [3.8, 4) is 0 Å². The second kappa shape index (κ2) is 5.83. The number of para-hydroxylation sites is 1. The maximum absolute atomic E-state index is 5.44. The molecule has 0 fully saturated rings. The van der Waals surface area contributed by atoms with Gasteiger partial charge in [0.15, 0.2) is 0 Å². The van der Waals surface area contributed by atoms with Crippen LogP contribution in [0.2, 0.25) is 19.0 Å². The van der Waals surface area contributed by atoms with E-state index in [0.29, 0.717) is 6.73 Å². The Kier molecular flexibility index (Phi) is 4.36. The Hall–Kier alpha value is -1.22. The normalized spacial score (nSPS) is 12.2. The van der Waals surface area contributed by atoms with Gasteiger partial charge in [-0.2, -0.15) is 19.0 Å². The topological polar surface area (TPSA) is 14.2 Å². The number of methoxy groups -OCH3 is 1. The molecular weight excluding hydrogens is 233 g/mol. The van der Waals surface area contributed by atoms with Gasteiger partial charge in [-0.25, -0.2) is 0 Å². The van der Waals surface area contributed by atoms with E-state index in [4.69, 9.17) is 4.74 Å². The quantitative estimate of drug-likeness (QED) is 0.715. The Morgan fingerprint density at radius 1 is 1.05 bits per heavy atom. The van der Waals surface area contributed by atoms with Gasteiger partial charge < -0.3 is 9.30 Å². The van der Waals surface area contributed by atoms with E-state index in [1.54, 1.807) is 7.11 Å². The summed E-state index contributed by atoms with van der Waals surface area (Å²) in [6.07, 6.45) is 3.21. The van der Waals surface area contributed by atoms with E-state index in [9.17, 15) is 0 Å². The number of ether oxygens (including phenoxy) is 1. The molecule has 0 aliphatic heterocycles. The van der Waals surface area contributed by atoms with Crippen LogP contribution < -0.4 is 5.59 Å². The zero-order valence-electron chi connectivity index (χ0n) is 12.6. The molecule has 1 aromatic carbocycles. The second-order valence-electron chi connectivity index (χ2n) is 5.68. The van der Waals surface area contributed by atoms with Crippen molar-refractivity contribution < 1.29 is 4.74 Å². The van der Waals surface area contributed by atoms with Crippen LogP contribution in [0.3, 0.4) is 0 Å². The van der Waals surface area contributed by atoms with Gasteiger partial charge in [0.1, 0.15) is 6.73 Å². The summed E-state index contributed by atoms with van der Waals surface area (Å²) in [7, 11) is 1.77. The van der Waals surface area contributed by atoms with Crippen LogP contribution >= 0.6 is 0 Å². The van der Waals surface area contributed by atoms with Gasteiger partial charge in [-0.1, -0.05) is 45.0 Å². The van der Waals surface area contributed by atoms with Gasteiger partial charge in [0.2, 0.25) is 0 Å². The summed E-state index contributed by atoms with van der Waals surface area (Å²) in [5.74, 6) is 0. The molecule has 2 aromatic rings. The SMILES string of the molecule is CC[B-](CC)(CC)c1cc2ccccc2n1COC. The zero-order valence-corrected chi connectivity index (χ0v) is 12.6. The average Bonchev–Trinajstić information content (AvgIpc) is 2.82. The monoisotopic (exact) mass is 258 g/mol. The fourth-order valence-electron chi connectivity index (χ4n) is 3.51. The number of benzene rings is 1. The van der Waals surface area contributed by atoms with E-state index in [2.05, 4.69) is 55.7 Å². The van der Waals surface area contributed by atoms with E-state index in [-0.39, 0.29) is 0 Å². The minimum Gasteiger partial charge on any atom is -0.364 e. The van der Waals surface area contributed by atoms with E-state index in [1.165, 1.54) is 35.5 Å². The van der Waals surface area contributed by atoms with Crippen molar-refractivity contribution in [3.63, 3.8) is 0 Å². The van der Waals surface area contributed by atoms with Crippen LogP contribution in [-0.2, 0) is 11.5 Å². The molecule has 104 valence electrons. The molecule has 0 unspecified atom stereocenters. The van der Waals surface area contributed by atoms with E-state index in [0.717, 1.165) is 0 Å². The molecule has 0 saturated carbocycles. The molecular formula is C16H25BNO-. The Labute approximate surface area is 116 Å². The Morgan fingerprint density at radius 2 is 1.68 bits per heavy atom. The summed E-state index contributed by atoms with van der Waals surface area (Å²) >= 11 is 0. The molecule has 0 saturated heterocycles. The lowest BCUT2D eigenvalue weighted by Crippen LogP contribution is -2.49. The smallest absolute Gasteiger partial charge is 0.119 e. The summed E-state index contributed by atoms with van der Waals surface area (Å²) in [5.41, 5.74) is 2.77. The van der Waals surface area contributed by atoms with Crippen molar-refractivity contribution in [2.75, 3.05) is 7.11 Å². The van der Waals surface area contributed by atoms with Gasteiger partial charge in [-0.15, -0.1) is 5.59 Å². The lowest BCUT2D eigenvalue weighted by atomic mass is 9.19. The number of rotatable bonds is 6. The number of fused-ring (bicyclic) bond motifs is 1. The lowest BCUT2D eigenvalue weighted by Gasteiger charge is -2.38. The van der Waals surface area contributed by atoms with Crippen molar-refractivity contribution in [3.05, 3.63) is 30.3 Å². The molecule has 3 heteroatoms. The van der Waals surface area contributed by atoms with Gasteiger partial charge in [0.05, 0.1) is 0 Å². The maximum Gasteiger partial charge on any atom is 0.119 e. The van der Waals surface area contributed by atoms with Crippen molar-refractivity contribution in [2.24, 2.45) is 0 Å². The van der Waals surface area contributed by atoms with Crippen LogP contribution in [0.5, 0.6) is 0 Å². The zero-order chi connectivity index (χ0) is 13.9. The van der Waals surface area contributed by atoms with Crippen molar-refractivity contribution in [1.82, 2.24) is 4.57 Å². The first kappa shape index (κ1) is 14.2. The summed E-state index contributed by atoms with van der Waals surface area (Å²) in [6.45, 7) is 7.61. The lowest BCUT2D eigenvalue weighted by molar-refractivity contribution is 0.137. The van der Waals surface area contributed by atoms with Gasteiger partial charge in [-0.3, -0.25) is 0 Å². The molecule has 1 aromatic heterocycles. The fraction of sp³-hybridized carbons (Fsp3) is 0.500. The second-order valence-corrected chi connectivity index (χ2v) is 5.68. The third kappa shape index (κ3) is 2.32. The first-order valence-electron chi connectivity index (χ1n) is 7.50. The number of hydrogen-bond donors (Lipinski definition) is 0. The summed E-state index contributed by atoms with van der Waals surface area (Å²) in [6, 6.07) is 11.0. The Bertz CT molecular complexity index is 534. The highest BCUT2D eigenvalue weighted by molar-refractivity contribution is 6.91. The third-order valence-corrected chi connectivity index (χ3v) is 5.07. The minimum atomic E-state index is -0.475. The van der Waals surface area contributed by atoms with E-state index in [1.807, 2.05) is 0 Å². The molecule has 2 nitrogen and oxygen atoms in total. The largest absolute Gasteiger partial charge is 0.364 e. The van der Waals surface area contributed by atoms with Crippen molar-refractivity contribution in [1.29, 1.82) is 0 Å². The predicted molar refractivity (Wildman–Crippen MR) is 85.8 cm³/mol. The first-order valence-corrected chi connectivity index (χ1v) is 7.50. The molecule has 19 heavy (non-hydrogen) atoms. The molecule has 0 amide bonds. The van der Waals surface area contributed by atoms with Crippen LogP contribution in [0.15, 0.2) is 30.3 Å². The minimum absolute atomic E-state index is 0.475. The van der Waals surface area contributed by atoms with Gasteiger partial charge >= 0.3 is 0 Å². The van der Waals surface area contributed by atoms with Crippen LogP contribution in [0.1, 0.15) is 20.8 Å². The van der Waals surface area contributed by atoms with Gasteiger partial charge in [0, 0.05) is 18.8 Å². The third-order valence-electron chi connectivity index (χ3n) is 5.07. The van der Waals surface area contributed by atoms with Crippen LogP contribution in [0.25, 0.3) is 10.9 Å². The van der Waals surface area contributed by atoms with E-state index >= 15 is 0 Å². The number of aromatic nitrogens is 1. The standard InChI is InChI=1S/C16H25BNO/c1-5-17(6-2,7-3)16-12-14-10-8-9-11-15(14)18(16)13-19-4/h8-12H,5-7,13H2,1-4H3/q-1. The highest BCUT2D eigenvalue weighted by Gasteiger charge is 2.24. The predicted octanol–water partition coefficient (Wildman–Crippen LogP) is 3.96. The Balaban J connectivity index is 2.67. The molecule has 0 radical (unpaired) electrons. The van der Waals surface area contributed by atoms with Crippen LogP contribution in [0.4, 0.5) is 0 Å². The van der Waals surface area contributed by atoms with Crippen LogP contribution in [0, 0.1) is 0 Å². The molecule has 2 rings (SSSR count). The maximum atomic E-state index is 5.44. The highest BCUT2D eigenvalue weighted by atomic mass is 16.5. The summed E-state index contributed by atoms with van der Waals surface area (Å²) < 4.78 is 7.80. The number of hydrogen-bond acceptors (Lipinski definition) is 1. The fourth-order valence-corrected chi connectivity index (χ4v) is 3.51. The van der Waals surface area contributed by atoms with Crippen molar-refractivity contribution >= 4 is 22.6 Å². The average molecular weight is 258 g/mol. The van der Waals surface area contributed by atoms with Gasteiger partial charge in [0.25, 0.3) is 0 Å². The molecule has 0 atom stereocenters. The number of nitrogens with zero attached hydrogens (tertiary/aromatic N) is 1. The summed E-state index contributed by atoms with van der Waals surface area (Å²) in [5, 5.41) is 1.33. The summed E-state index contributed by atoms with van der Waals surface area (Å²) in [4.78, 5) is 0. The first-order chi connectivity index (χ1) is 9.22. The molecule has 1 heterocycles. The molecule has 0 aliphatic rings. The molecule has 0 bridgehead atoms. The van der Waals surface area contributed by atoms with Crippen molar-refractivity contribution in [2.45, 2.75) is 46.5 Å². The molecule has 0 N–H and O–H groups in total. The Morgan fingerprint density at radius 3 is 2.26 bits per heavy atom. The molecule has 0 aliphatic carbocycles. The van der Waals surface area contributed by atoms with Crippen LogP contribution in [-0.4, -0.2) is 17.8 Å². The highest BCUT2D eigenvalue weighted by Crippen LogP contribution is 2.24. The van der Waals surface area contributed by atoms with E-state index < -0.39 is 6.15 Å².